The molecule has 2 saturated carbocycles. The van der Waals surface area contributed by atoms with Crippen molar-refractivity contribution in [2.24, 2.45) is 40.4 Å². The summed E-state index contributed by atoms with van der Waals surface area (Å²) in [5, 5.41) is 12.7. The van der Waals surface area contributed by atoms with Gasteiger partial charge < -0.3 is 14.6 Å². The summed E-state index contributed by atoms with van der Waals surface area (Å²) in [4.78, 5) is 15.2. The van der Waals surface area contributed by atoms with Crippen LogP contribution in [0.2, 0.25) is 0 Å². The summed E-state index contributed by atoms with van der Waals surface area (Å²) in [7, 11) is 1.52. The number of fused-ring (bicyclic) bond motifs is 1. The van der Waals surface area contributed by atoms with Crippen LogP contribution in [0.15, 0.2) is 11.1 Å². The molecule has 1 N–H and O–H groups in total. The summed E-state index contributed by atoms with van der Waals surface area (Å²) in [5.74, 6) is 1.24. The van der Waals surface area contributed by atoms with E-state index in [1.165, 1.54) is 19.1 Å². The van der Waals surface area contributed by atoms with Crippen molar-refractivity contribution in [3.05, 3.63) is 11.1 Å². The number of esters is 1. The molecule has 7 aliphatic rings. The molecule has 152 valence electrons. The van der Waals surface area contributed by atoms with Crippen LogP contribution in [-0.4, -0.2) is 47.7 Å². The van der Waals surface area contributed by atoms with Crippen LogP contribution in [0.1, 0.15) is 52.4 Å². The van der Waals surface area contributed by atoms with E-state index in [0.29, 0.717) is 11.8 Å². The fourth-order valence-corrected chi connectivity index (χ4v) is 9.95. The first-order chi connectivity index (χ1) is 13.4. The lowest BCUT2D eigenvalue weighted by Gasteiger charge is -2.67. The number of carbonyl (C=O) groups excluding carboxylic acids is 1. The molecule has 5 heteroatoms. The second-order valence-corrected chi connectivity index (χ2v) is 11.0. The van der Waals surface area contributed by atoms with Gasteiger partial charge in [0.15, 0.2) is 0 Å². The first-order valence-electron chi connectivity index (χ1n) is 11.3. The highest BCUT2D eigenvalue weighted by Gasteiger charge is 2.87. The lowest BCUT2D eigenvalue weighted by Crippen LogP contribution is -2.75. The van der Waals surface area contributed by atoms with Gasteiger partial charge in [0.25, 0.3) is 0 Å². The Hall–Kier alpha value is -0.910. The second kappa shape index (κ2) is 4.70. The van der Waals surface area contributed by atoms with Gasteiger partial charge in [0.2, 0.25) is 0 Å². The van der Waals surface area contributed by atoms with Crippen LogP contribution in [0.4, 0.5) is 0 Å². The molecule has 5 nitrogen and oxygen atoms in total. The monoisotopic (exact) mass is 385 g/mol. The van der Waals surface area contributed by atoms with Crippen molar-refractivity contribution >= 4 is 5.97 Å². The van der Waals surface area contributed by atoms with Crippen molar-refractivity contribution in [3.63, 3.8) is 0 Å². The zero-order valence-corrected chi connectivity index (χ0v) is 17.1. The number of allylic oxidation sites excluding steroid dienone is 1. The van der Waals surface area contributed by atoms with Crippen LogP contribution in [0.5, 0.6) is 0 Å². The molecule has 28 heavy (non-hydrogen) atoms. The minimum absolute atomic E-state index is 0.0521. The van der Waals surface area contributed by atoms with E-state index in [2.05, 4.69) is 18.7 Å². The standard InChI is InChI=1S/C23H31NO4/c1-11-10-24-19-15-7-5-12-4-6-13-14(20(25)27-3)9-22(18(12)13)21(15,2)17(28-19)8-16(11)23(22,24)26/h11,13-17,19,26H,4-10H2,1-3H3/t11-,13-,14-,15-,16+,17-,19-,21-,22-,23-/m1/s1. The maximum Gasteiger partial charge on any atom is 0.309 e. The zero-order chi connectivity index (χ0) is 19.2. The van der Waals surface area contributed by atoms with Crippen molar-refractivity contribution in [3.8, 4) is 0 Å². The third-order valence-electron chi connectivity index (χ3n) is 10.8. The third kappa shape index (κ3) is 1.34. The summed E-state index contributed by atoms with van der Waals surface area (Å²) in [6.07, 6.45) is 6.41. The Morgan fingerprint density at radius 3 is 2.86 bits per heavy atom. The van der Waals surface area contributed by atoms with E-state index >= 15 is 0 Å². The van der Waals surface area contributed by atoms with Gasteiger partial charge in [0.05, 0.1) is 19.1 Å². The molecule has 0 unspecified atom stereocenters. The summed E-state index contributed by atoms with van der Waals surface area (Å²) >= 11 is 0. The molecule has 1 spiro atoms. The maximum absolute atomic E-state index is 12.9. The molecule has 10 atom stereocenters. The molecular formula is C23H31NO4. The van der Waals surface area contributed by atoms with Crippen molar-refractivity contribution in [1.82, 2.24) is 4.90 Å². The number of piperidine rings is 1. The largest absolute Gasteiger partial charge is 0.469 e. The summed E-state index contributed by atoms with van der Waals surface area (Å²) in [6.45, 7) is 5.65. The molecule has 3 heterocycles. The highest BCUT2D eigenvalue weighted by Crippen LogP contribution is 2.82. The highest BCUT2D eigenvalue weighted by atomic mass is 16.5. The summed E-state index contributed by atoms with van der Waals surface area (Å²) < 4.78 is 12.0. The van der Waals surface area contributed by atoms with Crippen LogP contribution in [0, 0.1) is 40.4 Å². The number of hydrogen-bond donors (Lipinski definition) is 1. The Bertz CT molecular complexity index is 838. The lowest BCUT2D eigenvalue weighted by molar-refractivity contribution is -0.291. The number of nitrogens with zero attached hydrogens (tertiary/aromatic N) is 1. The van der Waals surface area contributed by atoms with Gasteiger partial charge in [0, 0.05) is 29.2 Å². The fraction of sp³-hybridized carbons (Fsp3) is 0.870. The molecule has 3 saturated heterocycles. The van der Waals surface area contributed by atoms with Crippen molar-refractivity contribution in [2.75, 3.05) is 13.7 Å². The number of rotatable bonds is 1. The molecule has 3 aliphatic heterocycles. The molecular weight excluding hydrogens is 354 g/mol. The molecule has 4 aliphatic carbocycles. The van der Waals surface area contributed by atoms with Crippen LogP contribution < -0.4 is 0 Å². The minimum Gasteiger partial charge on any atom is -0.469 e. The Morgan fingerprint density at radius 2 is 2.07 bits per heavy atom. The number of methoxy groups -OCH3 is 1. The van der Waals surface area contributed by atoms with E-state index in [1.807, 2.05) is 0 Å². The number of carbonyl (C=O) groups is 1. The van der Waals surface area contributed by atoms with Gasteiger partial charge in [-0.2, -0.15) is 0 Å². The van der Waals surface area contributed by atoms with E-state index in [9.17, 15) is 9.90 Å². The van der Waals surface area contributed by atoms with Crippen LogP contribution >= 0.6 is 0 Å². The van der Waals surface area contributed by atoms with Gasteiger partial charge in [-0.3, -0.25) is 4.79 Å². The van der Waals surface area contributed by atoms with E-state index < -0.39 is 5.72 Å². The Labute approximate surface area is 166 Å². The van der Waals surface area contributed by atoms with Gasteiger partial charge in [-0.15, -0.1) is 0 Å². The second-order valence-electron chi connectivity index (χ2n) is 11.0. The molecule has 5 bridgehead atoms. The van der Waals surface area contributed by atoms with Gasteiger partial charge >= 0.3 is 5.97 Å². The molecule has 0 aromatic rings. The first-order valence-corrected chi connectivity index (χ1v) is 11.3. The van der Waals surface area contributed by atoms with Gasteiger partial charge in [0.1, 0.15) is 12.0 Å². The molecule has 5 fully saturated rings. The van der Waals surface area contributed by atoms with Crippen molar-refractivity contribution in [1.29, 1.82) is 0 Å². The number of aliphatic hydroxyl groups is 1. The minimum atomic E-state index is -0.869. The van der Waals surface area contributed by atoms with Gasteiger partial charge in [-0.05, 0) is 50.4 Å². The van der Waals surface area contributed by atoms with Crippen LogP contribution in [0.25, 0.3) is 0 Å². The smallest absolute Gasteiger partial charge is 0.309 e. The average molecular weight is 386 g/mol. The first kappa shape index (κ1) is 16.8. The van der Waals surface area contributed by atoms with E-state index in [-0.39, 0.29) is 46.9 Å². The van der Waals surface area contributed by atoms with E-state index in [4.69, 9.17) is 9.47 Å². The normalized spacial score (nSPS) is 60.4. The molecule has 0 amide bonds. The average Bonchev–Trinajstić information content (AvgIpc) is 3.32. The maximum atomic E-state index is 12.9. The number of ether oxygens (including phenoxy) is 2. The van der Waals surface area contributed by atoms with E-state index in [1.54, 1.807) is 5.57 Å². The molecule has 0 aromatic carbocycles. The lowest BCUT2D eigenvalue weighted by atomic mass is 9.42. The Balaban J connectivity index is 1.56. The topological polar surface area (TPSA) is 59.0 Å². The van der Waals surface area contributed by atoms with Gasteiger partial charge in [-0.25, -0.2) is 4.90 Å². The summed E-state index contributed by atoms with van der Waals surface area (Å²) in [5.41, 5.74) is 1.76. The zero-order valence-electron chi connectivity index (χ0n) is 17.1. The predicted octanol–water partition coefficient (Wildman–Crippen LogP) is 2.69. The Morgan fingerprint density at radius 1 is 1.29 bits per heavy atom. The SMILES string of the molecule is COC(=O)[C@@H]1C[C@]23C4=C(CC[C@@H]5[C@H]6O[C@H](C[C@H]7[C@H](C)CN6[C@@]72O)[C@@]53C)CC[C@@H]41. The van der Waals surface area contributed by atoms with E-state index in [0.717, 1.165) is 38.6 Å². The summed E-state index contributed by atoms with van der Waals surface area (Å²) in [6, 6.07) is 0. The van der Waals surface area contributed by atoms with Crippen molar-refractivity contribution < 1.29 is 19.4 Å². The number of hydrogen-bond acceptors (Lipinski definition) is 5. The molecule has 7 rings (SSSR count). The Kier molecular flexibility index (Phi) is 2.83. The quantitative estimate of drug-likeness (QED) is 0.556. The molecule has 0 radical (unpaired) electrons. The van der Waals surface area contributed by atoms with Crippen LogP contribution in [0.3, 0.4) is 0 Å². The fourth-order valence-electron chi connectivity index (χ4n) is 9.95. The van der Waals surface area contributed by atoms with Crippen LogP contribution in [-0.2, 0) is 14.3 Å². The third-order valence-corrected chi connectivity index (χ3v) is 10.8. The predicted molar refractivity (Wildman–Crippen MR) is 101 cm³/mol. The highest BCUT2D eigenvalue weighted by molar-refractivity contribution is 5.75. The molecule has 0 aromatic heterocycles. The van der Waals surface area contributed by atoms with Gasteiger partial charge in [-0.1, -0.05) is 25.0 Å². The van der Waals surface area contributed by atoms with Crippen molar-refractivity contribution in [2.45, 2.75) is 70.4 Å².